The largest absolute Gasteiger partial charge is 0.339 e. The van der Waals surface area contributed by atoms with E-state index in [1.165, 1.54) is 12.1 Å². The van der Waals surface area contributed by atoms with Crippen LogP contribution >= 0.6 is 0 Å². The van der Waals surface area contributed by atoms with E-state index in [4.69, 9.17) is 0 Å². The van der Waals surface area contributed by atoms with Crippen molar-refractivity contribution in [1.82, 2.24) is 14.5 Å². The first kappa shape index (κ1) is 21.9. The van der Waals surface area contributed by atoms with Gasteiger partial charge in [0.1, 0.15) is 5.82 Å². The average Bonchev–Trinajstić information content (AvgIpc) is 3.30. The van der Waals surface area contributed by atoms with Gasteiger partial charge in [-0.3, -0.25) is 9.69 Å². The first-order valence-electron chi connectivity index (χ1n) is 10.8. The number of rotatable bonds is 6. The minimum absolute atomic E-state index is 0.0832. The van der Waals surface area contributed by atoms with Crippen LogP contribution in [0.4, 0.5) is 4.39 Å². The first-order valence-corrected chi connectivity index (χ1v) is 12.3. The number of nitrogens with one attached hydrogen (secondary N) is 1. The van der Waals surface area contributed by atoms with Crippen LogP contribution in [0.5, 0.6) is 0 Å². The Morgan fingerprint density at radius 3 is 2.16 bits per heavy atom. The van der Waals surface area contributed by atoms with Gasteiger partial charge in [-0.15, -0.1) is 0 Å². The lowest BCUT2D eigenvalue weighted by molar-refractivity contribution is 0.0792. The number of hydrogen-bond acceptors (Lipinski definition) is 4. The fourth-order valence-corrected chi connectivity index (χ4v) is 5.53. The molecule has 0 radical (unpaired) electrons. The minimum Gasteiger partial charge on any atom is -0.339 e. The zero-order valence-corrected chi connectivity index (χ0v) is 18.3. The summed E-state index contributed by atoms with van der Waals surface area (Å²) in [6.45, 7) is 4.03. The van der Waals surface area contributed by atoms with Crippen LogP contribution < -0.4 is 4.72 Å². The molecular formula is C23H28FN3O3S. The maximum Gasteiger partial charge on any atom is 0.253 e. The minimum atomic E-state index is -3.64. The van der Waals surface area contributed by atoms with E-state index >= 15 is 0 Å². The fourth-order valence-electron chi connectivity index (χ4n) is 4.22. The second-order valence-corrected chi connectivity index (χ2v) is 10.0. The molecule has 2 aromatic rings. The van der Waals surface area contributed by atoms with Gasteiger partial charge < -0.3 is 4.90 Å². The Morgan fingerprint density at radius 2 is 1.55 bits per heavy atom. The second-order valence-electron chi connectivity index (χ2n) is 8.32. The summed E-state index contributed by atoms with van der Waals surface area (Å²) < 4.78 is 40.8. The van der Waals surface area contributed by atoms with Crippen molar-refractivity contribution < 1.29 is 17.6 Å². The Balaban J connectivity index is 1.27. The first-order chi connectivity index (χ1) is 14.9. The zero-order chi connectivity index (χ0) is 21.8. The number of halogens is 1. The molecule has 2 saturated heterocycles. The standard InChI is InChI=1S/C23H28FN3O3S/c24-20-7-9-22(10-8-20)31(29,30)25-21-11-15-26(16-12-21)17-18-3-5-19(6-4-18)23(28)27-13-1-2-14-27/h3-10,21,25H,1-2,11-17H2. The van der Waals surface area contributed by atoms with Crippen molar-refractivity contribution in [2.75, 3.05) is 26.2 Å². The summed E-state index contributed by atoms with van der Waals surface area (Å²) >= 11 is 0. The third kappa shape index (κ3) is 5.50. The summed E-state index contributed by atoms with van der Waals surface area (Å²) in [5, 5.41) is 0. The van der Waals surface area contributed by atoms with E-state index in [-0.39, 0.29) is 16.8 Å². The Hall–Kier alpha value is -2.29. The van der Waals surface area contributed by atoms with Crippen LogP contribution in [0.3, 0.4) is 0 Å². The lowest BCUT2D eigenvalue weighted by Crippen LogP contribution is -2.44. The Kier molecular flexibility index (Phi) is 6.69. The molecule has 1 N–H and O–H groups in total. The average molecular weight is 446 g/mol. The van der Waals surface area contributed by atoms with Crippen molar-refractivity contribution in [3.63, 3.8) is 0 Å². The summed E-state index contributed by atoms with van der Waals surface area (Å²) in [4.78, 5) is 16.7. The van der Waals surface area contributed by atoms with E-state index in [1.807, 2.05) is 29.2 Å². The molecule has 2 heterocycles. The number of hydrogen-bond donors (Lipinski definition) is 1. The van der Waals surface area contributed by atoms with Gasteiger partial charge in [-0.1, -0.05) is 12.1 Å². The van der Waals surface area contributed by atoms with Crippen molar-refractivity contribution in [3.8, 4) is 0 Å². The molecule has 31 heavy (non-hydrogen) atoms. The molecule has 0 atom stereocenters. The Bertz CT molecular complexity index is 995. The molecule has 2 aliphatic rings. The van der Waals surface area contributed by atoms with E-state index in [9.17, 15) is 17.6 Å². The highest BCUT2D eigenvalue weighted by molar-refractivity contribution is 7.89. The SMILES string of the molecule is O=C(c1ccc(CN2CCC(NS(=O)(=O)c3ccc(F)cc3)CC2)cc1)N1CCCC1. The molecule has 0 bridgehead atoms. The molecule has 8 heteroatoms. The lowest BCUT2D eigenvalue weighted by atomic mass is 10.0. The van der Waals surface area contributed by atoms with Gasteiger partial charge >= 0.3 is 0 Å². The Labute approximate surface area is 183 Å². The van der Waals surface area contributed by atoms with Gasteiger partial charge in [-0.05, 0) is 67.6 Å². The smallest absolute Gasteiger partial charge is 0.253 e. The van der Waals surface area contributed by atoms with Crippen LogP contribution in [0, 0.1) is 5.82 Å². The fraction of sp³-hybridized carbons (Fsp3) is 0.435. The molecule has 2 fully saturated rings. The molecule has 4 rings (SSSR count). The van der Waals surface area contributed by atoms with Crippen LogP contribution in [-0.4, -0.2) is 56.3 Å². The number of benzene rings is 2. The molecule has 2 aliphatic heterocycles. The van der Waals surface area contributed by atoms with Crippen LogP contribution in [0.2, 0.25) is 0 Å². The third-order valence-electron chi connectivity index (χ3n) is 6.03. The molecule has 6 nitrogen and oxygen atoms in total. The van der Waals surface area contributed by atoms with Crippen molar-refractivity contribution in [2.45, 2.75) is 43.2 Å². The number of carbonyl (C=O) groups is 1. The third-order valence-corrected chi connectivity index (χ3v) is 7.57. The summed E-state index contributed by atoms with van der Waals surface area (Å²) in [7, 11) is -3.64. The number of amides is 1. The molecule has 0 unspecified atom stereocenters. The Morgan fingerprint density at radius 1 is 0.935 bits per heavy atom. The molecule has 166 valence electrons. The van der Waals surface area contributed by atoms with Gasteiger partial charge in [0.15, 0.2) is 0 Å². The molecule has 0 spiro atoms. The quantitative estimate of drug-likeness (QED) is 0.742. The zero-order valence-electron chi connectivity index (χ0n) is 17.5. The predicted molar refractivity (Wildman–Crippen MR) is 117 cm³/mol. The van der Waals surface area contributed by atoms with Crippen LogP contribution in [0.1, 0.15) is 41.6 Å². The number of piperidine rings is 1. The van der Waals surface area contributed by atoms with Crippen molar-refractivity contribution >= 4 is 15.9 Å². The van der Waals surface area contributed by atoms with Crippen molar-refractivity contribution in [1.29, 1.82) is 0 Å². The predicted octanol–water partition coefficient (Wildman–Crippen LogP) is 3.00. The highest BCUT2D eigenvalue weighted by Crippen LogP contribution is 2.18. The van der Waals surface area contributed by atoms with E-state index in [1.54, 1.807) is 0 Å². The van der Waals surface area contributed by atoms with Crippen LogP contribution in [-0.2, 0) is 16.6 Å². The number of nitrogens with zero attached hydrogens (tertiary/aromatic N) is 2. The highest BCUT2D eigenvalue weighted by atomic mass is 32.2. The molecule has 0 aliphatic carbocycles. The van der Waals surface area contributed by atoms with Crippen LogP contribution in [0.25, 0.3) is 0 Å². The van der Waals surface area contributed by atoms with Gasteiger partial charge in [0.25, 0.3) is 5.91 Å². The summed E-state index contributed by atoms with van der Waals surface area (Å²) in [6, 6.07) is 12.6. The molecule has 0 saturated carbocycles. The van der Waals surface area contributed by atoms with E-state index in [0.717, 1.165) is 68.8 Å². The second kappa shape index (κ2) is 9.46. The number of sulfonamides is 1. The molecule has 1 amide bonds. The number of likely N-dealkylation sites (tertiary alicyclic amines) is 2. The topological polar surface area (TPSA) is 69.7 Å². The van der Waals surface area contributed by atoms with Crippen LogP contribution in [0.15, 0.2) is 53.4 Å². The van der Waals surface area contributed by atoms with Crippen molar-refractivity contribution in [2.24, 2.45) is 0 Å². The lowest BCUT2D eigenvalue weighted by Gasteiger charge is -2.32. The summed E-state index contributed by atoms with van der Waals surface area (Å²) in [5.41, 5.74) is 1.88. The van der Waals surface area contributed by atoms with E-state index in [0.29, 0.717) is 12.8 Å². The summed E-state index contributed by atoms with van der Waals surface area (Å²) in [6.07, 6.45) is 3.59. The summed E-state index contributed by atoms with van der Waals surface area (Å²) in [5.74, 6) is -0.348. The van der Waals surface area contributed by atoms with Gasteiger partial charge in [0.05, 0.1) is 4.90 Å². The van der Waals surface area contributed by atoms with E-state index in [2.05, 4.69) is 9.62 Å². The highest BCUT2D eigenvalue weighted by Gasteiger charge is 2.25. The van der Waals surface area contributed by atoms with E-state index < -0.39 is 15.8 Å². The van der Waals surface area contributed by atoms with Crippen molar-refractivity contribution in [3.05, 3.63) is 65.5 Å². The number of carbonyl (C=O) groups excluding carboxylic acids is 1. The maximum absolute atomic E-state index is 13.0. The molecular weight excluding hydrogens is 417 g/mol. The monoisotopic (exact) mass is 445 g/mol. The van der Waals surface area contributed by atoms with Gasteiger partial charge in [0, 0.05) is 44.3 Å². The maximum atomic E-state index is 13.0. The van der Waals surface area contributed by atoms with Gasteiger partial charge in [-0.25, -0.2) is 17.5 Å². The molecule has 0 aromatic heterocycles. The molecule has 2 aromatic carbocycles. The van der Waals surface area contributed by atoms with Gasteiger partial charge in [0.2, 0.25) is 10.0 Å². The normalized spacial score (nSPS) is 18.4. The van der Waals surface area contributed by atoms with Gasteiger partial charge in [-0.2, -0.15) is 0 Å².